The lowest BCUT2D eigenvalue weighted by atomic mass is 10.1. The van der Waals surface area contributed by atoms with Gasteiger partial charge in [0, 0.05) is 30.9 Å². The summed E-state index contributed by atoms with van der Waals surface area (Å²) in [6.45, 7) is 6.16. The van der Waals surface area contributed by atoms with Crippen LogP contribution in [0.25, 0.3) is 0 Å². The van der Waals surface area contributed by atoms with E-state index in [1.165, 1.54) is 24.1 Å². The monoisotopic (exact) mass is 248 g/mol. The number of anilines is 1. The molecule has 1 aliphatic rings. The summed E-state index contributed by atoms with van der Waals surface area (Å²) < 4.78 is 0. The largest absolute Gasteiger partial charge is 0.395 e. The third-order valence-corrected chi connectivity index (χ3v) is 3.40. The molecule has 3 nitrogen and oxygen atoms in total. The van der Waals surface area contributed by atoms with Crippen molar-refractivity contribution in [1.29, 1.82) is 0 Å². The van der Waals surface area contributed by atoms with Crippen LogP contribution in [0.5, 0.6) is 0 Å². The molecule has 2 N–H and O–H groups in total. The van der Waals surface area contributed by atoms with Crippen molar-refractivity contribution in [2.24, 2.45) is 0 Å². The van der Waals surface area contributed by atoms with E-state index in [9.17, 15) is 0 Å². The minimum Gasteiger partial charge on any atom is -0.395 e. The van der Waals surface area contributed by atoms with Crippen LogP contribution in [0.3, 0.4) is 0 Å². The fraction of sp³-hybridized carbons (Fsp3) is 0.600. The highest BCUT2D eigenvalue weighted by Crippen LogP contribution is 2.21. The molecule has 0 radical (unpaired) electrons. The molecule has 0 aliphatic heterocycles. The van der Waals surface area contributed by atoms with E-state index >= 15 is 0 Å². The molecule has 2 rings (SSSR count). The van der Waals surface area contributed by atoms with Gasteiger partial charge in [0.15, 0.2) is 0 Å². The predicted octanol–water partition coefficient (Wildman–Crippen LogP) is 2.15. The van der Waals surface area contributed by atoms with Gasteiger partial charge >= 0.3 is 0 Å². The Morgan fingerprint density at radius 1 is 1.28 bits per heavy atom. The third-order valence-electron chi connectivity index (χ3n) is 3.40. The van der Waals surface area contributed by atoms with Gasteiger partial charge in [-0.1, -0.05) is 12.1 Å². The Morgan fingerprint density at radius 3 is 2.44 bits per heavy atom. The van der Waals surface area contributed by atoms with Crippen LogP contribution in [-0.4, -0.2) is 30.3 Å². The van der Waals surface area contributed by atoms with Crippen molar-refractivity contribution in [2.75, 3.05) is 18.1 Å². The van der Waals surface area contributed by atoms with E-state index in [1.807, 2.05) is 0 Å². The summed E-state index contributed by atoms with van der Waals surface area (Å²) in [4.78, 5) is 2.22. The first-order valence-corrected chi connectivity index (χ1v) is 6.90. The average Bonchev–Trinajstić information content (AvgIpc) is 3.18. The van der Waals surface area contributed by atoms with Crippen LogP contribution >= 0.6 is 0 Å². The van der Waals surface area contributed by atoms with Gasteiger partial charge in [0.05, 0.1) is 6.61 Å². The lowest BCUT2D eigenvalue weighted by Gasteiger charge is -2.28. The summed E-state index contributed by atoms with van der Waals surface area (Å²) >= 11 is 0. The van der Waals surface area contributed by atoms with Gasteiger partial charge in [-0.3, -0.25) is 0 Å². The Hall–Kier alpha value is -1.06. The van der Waals surface area contributed by atoms with Gasteiger partial charge in [0.2, 0.25) is 0 Å². The number of benzene rings is 1. The fourth-order valence-corrected chi connectivity index (χ4v) is 2.15. The lowest BCUT2D eigenvalue weighted by Crippen LogP contribution is -2.33. The Labute approximate surface area is 110 Å². The zero-order valence-corrected chi connectivity index (χ0v) is 11.4. The number of hydrogen-bond acceptors (Lipinski definition) is 3. The number of aliphatic hydroxyl groups excluding tert-OH is 1. The van der Waals surface area contributed by atoms with Gasteiger partial charge in [0.1, 0.15) is 0 Å². The molecule has 1 fully saturated rings. The molecule has 18 heavy (non-hydrogen) atoms. The van der Waals surface area contributed by atoms with Crippen LogP contribution in [0, 0.1) is 0 Å². The van der Waals surface area contributed by atoms with E-state index < -0.39 is 0 Å². The molecule has 0 amide bonds. The molecule has 0 saturated heterocycles. The van der Waals surface area contributed by atoms with Crippen molar-refractivity contribution in [3.8, 4) is 0 Å². The minimum absolute atomic E-state index is 0.198. The molecule has 100 valence electrons. The molecule has 1 aromatic carbocycles. The topological polar surface area (TPSA) is 35.5 Å². The number of hydrogen-bond donors (Lipinski definition) is 2. The Balaban J connectivity index is 1.95. The second-order valence-electron chi connectivity index (χ2n) is 5.33. The highest BCUT2D eigenvalue weighted by Gasteiger charge is 2.19. The smallest absolute Gasteiger partial charge is 0.0606 e. The molecule has 0 atom stereocenters. The van der Waals surface area contributed by atoms with Crippen molar-refractivity contribution >= 4 is 5.69 Å². The molecule has 0 unspecified atom stereocenters. The lowest BCUT2D eigenvalue weighted by molar-refractivity contribution is 0.299. The van der Waals surface area contributed by atoms with Crippen molar-refractivity contribution in [3.05, 3.63) is 29.8 Å². The van der Waals surface area contributed by atoms with Crippen LogP contribution in [-0.2, 0) is 6.54 Å². The van der Waals surface area contributed by atoms with Crippen LogP contribution in [0.1, 0.15) is 32.3 Å². The van der Waals surface area contributed by atoms with E-state index in [4.69, 9.17) is 5.11 Å². The number of rotatable bonds is 7. The Morgan fingerprint density at radius 2 is 1.94 bits per heavy atom. The molecule has 0 heterocycles. The van der Waals surface area contributed by atoms with Gasteiger partial charge in [-0.2, -0.15) is 0 Å². The van der Waals surface area contributed by atoms with Crippen molar-refractivity contribution < 1.29 is 5.11 Å². The van der Waals surface area contributed by atoms with Gasteiger partial charge in [-0.05, 0) is 44.4 Å². The van der Waals surface area contributed by atoms with E-state index in [0.29, 0.717) is 12.6 Å². The van der Waals surface area contributed by atoms with Crippen molar-refractivity contribution in [1.82, 2.24) is 5.32 Å². The Kier molecular flexibility index (Phi) is 4.61. The van der Waals surface area contributed by atoms with Crippen LogP contribution in [0.2, 0.25) is 0 Å². The van der Waals surface area contributed by atoms with Crippen LogP contribution < -0.4 is 10.2 Å². The van der Waals surface area contributed by atoms with Crippen LogP contribution in [0.4, 0.5) is 5.69 Å². The quantitative estimate of drug-likeness (QED) is 0.776. The normalized spacial score (nSPS) is 15.1. The highest BCUT2D eigenvalue weighted by molar-refractivity contribution is 5.48. The predicted molar refractivity (Wildman–Crippen MR) is 75.9 cm³/mol. The molecule has 0 bridgehead atoms. The first kappa shape index (κ1) is 13.4. The first-order valence-electron chi connectivity index (χ1n) is 6.90. The molecule has 1 aromatic rings. The second-order valence-corrected chi connectivity index (χ2v) is 5.33. The van der Waals surface area contributed by atoms with Crippen molar-refractivity contribution in [2.45, 2.75) is 45.3 Å². The summed E-state index contributed by atoms with van der Waals surface area (Å²) in [5, 5.41) is 12.6. The standard InChI is InChI=1S/C15H24N2O/c1-12(2)17(9-10-18)15-7-3-13(4-8-15)11-16-14-5-6-14/h3-4,7-8,12,14,16,18H,5-6,9-11H2,1-2H3. The molecule has 0 aromatic heterocycles. The molecular formula is C15H24N2O. The van der Waals surface area contributed by atoms with E-state index in [1.54, 1.807) is 0 Å². The first-order chi connectivity index (χ1) is 8.70. The number of nitrogens with zero attached hydrogens (tertiary/aromatic N) is 1. The fourth-order valence-electron chi connectivity index (χ4n) is 2.15. The maximum absolute atomic E-state index is 9.10. The summed E-state index contributed by atoms with van der Waals surface area (Å²) in [7, 11) is 0. The minimum atomic E-state index is 0.198. The summed E-state index contributed by atoms with van der Waals surface area (Å²) in [5.41, 5.74) is 2.52. The summed E-state index contributed by atoms with van der Waals surface area (Å²) in [5.74, 6) is 0. The maximum atomic E-state index is 9.10. The van der Waals surface area contributed by atoms with Gasteiger partial charge in [-0.25, -0.2) is 0 Å². The SMILES string of the molecule is CC(C)N(CCO)c1ccc(CNC2CC2)cc1. The third kappa shape index (κ3) is 3.72. The summed E-state index contributed by atoms with van der Waals surface area (Å²) in [6.07, 6.45) is 2.66. The molecule has 0 spiro atoms. The van der Waals surface area contributed by atoms with Crippen molar-refractivity contribution in [3.63, 3.8) is 0 Å². The summed E-state index contributed by atoms with van der Waals surface area (Å²) in [6, 6.07) is 9.83. The van der Waals surface area contributed by atoms with E-state index in [-0.39, 0.29) is 6.61 Å². The average molecular weight is 248 g/mol. The molecule has 1 aliphatic carbocycles. The Bertz CT molecular complexity index is 357. The van der Waals surface area contributed by atoms with Crippen LogP contribution in [0.15, 0.2) is 24.3 Å². The van der Waals surface area contributed by atoms with Gasteiger partial charge in [-0.15, -0.1) is 0 Å². The zero-order chi connectivity index (χ0) is 13.0. The molecular weight excluding hydrogens is 224 g/mol. The molecule has 1 saturated carbocycles. The van der Waals surface area contributed by atoms with E-state index in [2.05, 4.69) is 48.3 Å². The van der Waals surface area contributed by atoms with Gasteiger partial charge in [0.25, 0.3) is 0 Å². The van der Waals surface area contributed by atoms with Gasteiger partial charge < -0.3 is 15.3 Å². The maximum Gasteiger partial charge on any atom is 0.0606 e. The van der Waals surface area contributed by atoms with E-state index in [0.717, 1.165) is 12.6 Å². The number of aliphatic hydroxyl groups is 1. The second kappa shape index (κ2) is 6.21. The molecule has 3 heteroatoms. The highest BCUT2D eigenvalue weighted by atomic mass is 16.3. The number of nitrogens with one attached hydrogen (secondary N) is 1. The zero-order valence-electron chi connectivity index (χ0n) is 11.4.